The molecule has 1 aliphatic carbocycles. The monoisotopic (exact) mass is 187 g/mol. The molecule has 0 radical (unpaired) electrons. The molecule has 0 saturated heterocycles. The predicted octanol–water partition coefficient (Wildman–Crippen LogP) is 1.90. The zero-order chi connectivity index (χ0) is 9.84. The van der Waals surface area contributed by atoms with Gasteiger partial charge in [0, 0.05) is 12.5 Å². The first-order valence-electron chi connectivity index (χ1n) is 5.01. The van der Waals surface area contributed by atoms with Gasteiger partial charge in [0.2, 0.25) is 5.91 Å². The summed E-state index contributed by atoms with van der Waals surface area (Å²) < 4.78 is 12.8. The van der Waals surface area contributed by atoms with Gasteiger partial charge < -0.3 is 5.32 Å². The molecule has 0 aromatic rings. The molecule has 1 aliphatic rings. The van der Waals surface area contributed by atoms with Crippen LogP contribution in [0, 0.1) is 11.8 Å². The van der Waals surface area contributed by atoms with Crippen molar-refractivity contribution in [1.29, 1.82) is 0 Å². The highest BCUT2D eigenvalue weighted by Gasteiger charge is 2.29. The number of nitrogens with one attached hydrogen (secondary N) is 1. The molecule has 2 nitrogen and oxygen atoms in total. The second-order valence-corrected chi connectivity index (χ2v) is 4.25. The number of carbonyl (C=O) groups is 1. The molecule has 0 heterocycles. The van der Waals surface area contributed by atoms with E-state index in [1.165, 1.54) is 0 Å². The van der Waals surface area contributed by atoms with Crippen LogP contribution >= 0.6 is 0 Å². The first kappa shape index (κ1) is 10.5. The average molecular weight is 187 g/mol. The minimum absolute atomic E-state index is 0.0360. The Labute approximate surface area is 78.9 Å². The van der Waals surface area contributed by atoms with Crippen molar-refractivity contribution in [2.45, 2.75) is 39.3 Å². The van der Waals surface area contributed by atoms with Crippen molar-refractivity contribution >= 4 is 5.91 Å². The highest BCUT2D eigenvalue weighted by Crippen LogP contribution is 2.27. The lowest BCUT2D eigenvalue weighted by Crippen LogP contribution is -2.32. The summed E-state index contributed by atoms with van der Waals surface area (Å²) in [6, 6.07) is 0. The van der Waals surface area contributed by atoms with Crippen LogP contribution in [0.5, 0.6) is 0 Å². The van der Waals surface area contributed by atoms with Crippen molar-refractivity contribution in [1.82, 2.24) is 5.32 Å². The minimum Gasteiger partial charge on any atom is -0.356 e. The first-order valence-corrected chi connectivity index (χ1v) is 5.01. The van der Waals surface area contributed by atoms with Gasteiger partial charge in [-0.2, -0.15) is 0 Å². The fourth-order valence-electron chi connectivity index (χ4n) is 1.61. The maximum absolute atomic E-state index is 12.8. The fraction of sp³-hybridized carbons (Fsp3) is 0.900. The molecule has 2 unspecified atom stereocenters. The van der Waals surface area contributed by atoms with Crippen molar-refractivity contribution in [2.75, 3.05) is 6.54 Å². The summed E-state index contributed by atoms with van der Waals surface area (Å²) in [4.78, 5) is 11.4. The third-order valence-electron chi connectivity index (χ3n) is 2.42. The van der Waals surface area contributed by atoms with Crippen LogP contribution in [0.3, 0.4) is 0 Å². The molecule has 2 atom stereocenters. The molecule has 1 fully saturated rings. The van der Waals surface area contributed by atoms with Crippen molar-refractivity contribution in [3.05, 3.63) is 0 Å². The maximum atomic E-state index is 12.8. The van der Waals surface area contributed by atoms with Crippen LogP contribution in [0.4, 0.5) is 4.39 Å². The van der Waals surface area contributed by atoms with Crippen molar-refractivity contribution in [3.63, 3.8) is 0 Å². The Hall–Kier alpha value is -0.600. The first-order chi connectivity index (χ1) is 6.09. The summed E-state index contributed by atoms with van der Waals surface area (Å²) >= 11 is 0. The lowest BCUT2D eigenvalue weighted by molar-refractivity contribution is -0.125. The standard InChI is InChI=1S/C10H18FNO/c1-7(2)6-12-10(13)8-3-4-9(11)5-8/h7-9H,3-6H2,1-2H3,(H,12,13). The second kappa shape index (κ2) is 4.58. The Morgan fingerprint density at radius 2 is 2.23 bits per heavy atom. The summed E-state index contributed by atoms with van der Waals surface area (Å²) in [7, 11) is 0. The summed E-state index contributed by atoms with van der Waals surface area (Å²) in [5.74, 6) is 0.425. The van der Waals surface area contributed by atoms with Gasteiger partial charge in [0.25, 0.3) is 0 Å². The molecule has 1 saturated carbocycles. The lowest BCUT2D eigenvalue weighted by atomic mass is 10.1. The van der Waals surface area contributed by atoms with Gasteiger partial charge in [-0.3, -0.25) is 4.79 Å². The van der Waals surface area contributed by atoms with Gasteiger partial charge in [-0.1, -0.05) is 13.8 Å². The number of rotatable bonds is 3. The average Bonchev–Trinajstić information content (AvgIpc) is 2.47. The lowest BCUT2D eigenvalue weighted by Gasteiger charge is -2.11. The van der Waals surface area contributed by atoms with E-state index in [0.717, 1.165) is 0 Å². The van der Waals surface area contributed by atoms with Crippen molar-refractivity contribution < 1.29 is 9.18 Å². The van der Waals surface area contributed by atoms with Gasteiger partial charge in [0.15, 0.2) is 0 Å². The Morgan fingerprint density at radius 1 is 1.54 bits per heavy atom. The topological polar surface area (TPSA) is 29.1 Å². The molecule has 3 heteroatoms. The Balaban J connectivity index is 2.24. The third-order valence-corrected chi connectivity index (χ3v) is 2.42. The fourth-order valence-corrected chi connectivity index (χ4v) is 1.61. The molecule has 0 spiro atoms. The molecule has 0 bridgehead atoms. The van der Waals surface area contributed by atoms with E-state index >= 15 is 0 Å². The zero-order valence-electron chi connectivity index (χ0n) is 8.35. The largest absolute Gasteiger partial charge is 0.356 e. The summed E-state index contributed by atoms with van der Waals surface area (Å²) in [6.45, 7) is 4.80. The SMILES string of the molecule is CC(C)CNC(=O)C1CCC(F)C1. The number of carbonyl (C=O) groups excluding carboxylic acids is 1. The molecule has 0 aliphatic heterocycles. The van der Waals surface area contributed by atoms with E-state index in [2.05, 4.69) is 5.32 Å². The summed E-state index contributed by atoms with van der Waals surface area (Å²) in [6.07, 6.45) is 0.934. The van der Waals surface area contributed by atoms with Gasteiger partial charge >= 0.3 is 0 Å². The van der Waals surface area contributed by atoms with Crippen molar-refractivity contribution in [3.8, 4) is 0 Å². The van der Waals surface area contributed by atoms with Crippen LogP contribution in [0.2, 0.25) is 0 Å². The number of amides is 1. The van der Waals surface area contributed by atoms with E-state index in [1.54, 1.807) is 0 Å². The van der Waals surface area contributed by atoms with Gasteiger partial charge in [0.1, 0.15) is 6.17 Å². The quantitative estimate of drug-likeness (QED) is 0.718. The van der Waals surface area contributed by atoms with E-state index in [9.17, 15) is 9.18 Å². The van der Waals surface area contributed by atoms with E-state index in [0.29, 0.717) is 31.7 Å². The Bertz CT molecular complexity index is 182. The Kier molecular flexibility index (Phi) is 3.70. The number of hydrogen-bond donors (Lipinski definition) is 1. The highest BCUT2D eigenvalue weighted by atomic mass is 19.1. The van der Waals surface area contributed by atoms with Gasteiger partial charge in [0.05, 0.1) is 0 Å². The van der Waals surface area contributed by atoms with E-state index in [-0.39, 0.29) is 11.8 Å². The normalized spacial score (nSPS) is 28.0. The van der Waals surface area contributed by atoms with Gasteiger partial charge in [-0.25, -0.2) is 4.39 Å². The molecule has 1 N–H and O–H groups in total. The number of halogens is 1. The van der Waals surface area contributed by atoms with Crippen LogP contribution in [0.1, 0.15) is 33.1 Å². The number of hydrogen-bond acceptors (Lipinski definition) is 1. The second-order valence-electron chi connectivity index (χ2n) is 4.25. The van der Waals surface area contributed by atoms with Crippen LogP contribution in [-0.2, 0) is 4.79 Å². The van der Waals surface area contributed by atoms with E-state index in [4.69, 9.17) is 0 Å². The molecular weight excluding hydrogens is 169 g/mol. The van der Waals surface area contributed by atoms with Crippen LogP contribution in [-0.4, -0.2) is 18.6 Å². The molecule has 0 aromatic carbocycles. The molecule has 1 rings (SSSR count). The van der Waals surface area contributed by atoms with Gasteiger partial charge in [-0.15, -0.1) is 0 Å². The zero-order valence-corrected chi connectivity index (χ0v) is 8.35. The summed E-state index contributed by atoms with van der Waals surface area (Å²) in [5, 5.41) is 2.84. The third kappa shape index (κ3) is 3.33. The highest BCUT2D eigenvalue weighted by molar-refractivity contribution is 5.78. The van der Waals surface area contributed by atoms with Crippen LogP contribution < -0.4 is 5.32 Å². The molecule has 13 heavy (non-hydrogen) atoms. The predicted molar refractivity (Wildman–Crippen MR) is 50.1 cm³/mol. The molecular formula is C10H18FNO. The summed E-state index contributed by atoms with van der Waals surface area (Å²) in [5.41, 5.74) is 0. The van der Waals surface area contributed by atoms with Gasteiger partial charge in [-0.05, 0) is 25.2 Å². The van der Waals surface area contributed by atoms with Crippen LogP contribution in [0.25, 0.3) is 0 Å². The van der Waals surface area contributed by atoms with E-state index < -0.39 is 6.17 Å². The minimum atomic E-state index is -0.755. The molecule has 1 amide bonds. The molecule has 0 aromatic heterocycles. The smallest absolute Gasteiger partial charge is 0.223 e. The molecule has 76 valence electrons. The van der Waals surface area contributed by atoms with Crippen molar-refractivity contribution in [2.24, 2.45) is 11.8 Å². The van der Waals surface area contributed by atoms with Crippen LogP contribution in [0.15, 0.2) is 0 Å². The Morgan fingerprint density at radius 3 is 2.69 bits per heavy atom. The van der Waals surface area contributed by atoms with E-state index in [1.807, 2.05) is 13.8 Å². The maximum Gasteiger partial charge on any atom is 0.223 e. The number of alkyl halides is 1.